The molecular weight excluding hydrogens is 629 g/mol. The first-order chi connectivity index (χ1) is 25.2. The minimum atomic E-state index is 0.624. The Kier molecular flexibility index (Phi) is 5.89. The Morgan fingerprint density at radius 3 is 1.65 bits per heavy atom. The third-order valence-corrected chi connectivity index (χ3v) is 9.92. The van der Waals surface area contributed by atoms with Crippen molar-refractivity contribution >= 4 is 65.8 Å². The highest BCUT2D eigenvalue weighted by molar-refractivity contribution is 6.18. The second-order valence-electron chi connectivity index (χ2n) is 12.9. The van der Waals surface area contributed by atoms with Crippen LogP contribution in [0.25, 0.3) is 111 Å². The molecule has 0 spiro atoms. The van der Waals surface area contributed by atoms with Crippen molar-refractivity contribution in [3.8, 4) is 45.0 Å². The van der Waals surface area contributed by atoms with Crippen molar-refractivity contribution in [2.75, 3.05) is 0 Å². The van der Waals surface area contributed by atoms with E-state index in [0.29, 0.717) is 5.82 Å². The number of benzene rings is 7. The number of rotatable bonds is 4. The Morgan fingerprint density at radius 1 is 0.314 bits per heavy atom. The van der Waals surface area contributed by atoms with Crippen LogP contribution in [0.4, 0.5) is 0 Å². The molecular formula is C46H26N2O3. The molecule has 51 heavy (non-hydrogen) atoms. The second-order valence-corrected chi connectivity index (χ2v) is 12.9. The molecule has 238 valence electrons. The topological polar surface area (TPSA) is 65.2 Å². The molecule has 0 aliphatic rings. The standard InChI is InChI=1S/C46H26N2O3/c1-2-10-27(11-3-1)36-26-37(29-21-23-40-35(24-29)32-13-5-7-17-39(32)49-40)48-46(47-36)34-15-9-19-42-45(34)44-30(14-8-18-41(44)51-42)28-20-22-33-31-12-4-6-16-38(31)50-43(33)25-28/h1-26H. The molecule has 0 fully saturated rings. The van der Waals surface area contributed by atoms with E-state index in [1.807, 2.05) is 84.9 Å². The van der Waals surface area contributed by atoms with Gasteiger partial charge in [-0.15, -0.1) is 0 Å². The average molecular weight is 655 g/mol. The molecule has 0 radical (unpaired) electrons. The molecule has 0 saturated heterocycles. The molecule has 0 aliphatic heterocycles. The van der Waals surface area contributed by atoms with E-state index in [-0.39, 0.29) is 0 Å². The van der Waals surface area contributed by atoms with Gasteiger partial charge >= 0.3 is 0 Å². The quantitative estimate of drug-likeness (QED) is 0.189. The second kappa shape index (κ2) is 10.8. The average Bonchev–Trinajstić information content (AvgIpc) is 3.88. The summed E-state index contributed by atoms with van der Waals surface area (Å²) in [4.78, 5) is 10.5. The van der Waals surface area contributed by atoms with Gasteiger partial charge in [-0.25, -0.2) is 9.97 Å². The maximum absolute atomic E-state index is 6.53. The van der Waals surface area contributed by atoms with Crippen molar-refractivity contribution in [1.82, 2.24) is 9.97 Å². The number of hydrogen-bond acceptors (Lipinski definition) is 5. The van der Waals surface area contributed by atoms with Crippen LogP contribution in [-0.2, 0) is 0 Å². The zero-order chi connectivity index (χ0) is 33.5. The first kappa shape index (κ1) is 27.9. The lowest BCUT2D eigenvalue weighted by molar-refractivity contribution is 0.668. The van der Waals surface area contributed by atoms with Crippen molar-refractivity contribution in [1.29, 1.82) is 0 Å². The van der Waals surface area contributed by atoms with Crippen LogP contribution in [0.5, 0.6) is 0 Å². The van der Waals surface area contributed by atoms with Crippen LogP contribution in [0.15, 0.2) is 171 Å². The Morgan fingerprint density at radius 2 is 0.863 bits per heavy atom. The molecule has 0 unspecified atom stereocenters. The number of furan rings is 3. The van der Waals surface area contributed by atoms with Crippen LogP contribution < -0.4 is 0 Å². The van der Waals surface area contributed by atoms with E-state index in [1.54, 1.807) is 0 Å². The molecule has 7 aromatic carbocycles. The van der Waals surface area contributed by atoms with Gasteiger partial charge in [-0.05, 0) is 71.8 Å². The largest absolute Gasteiger partial charge is 0.456 e. The summed E-state index contributed by atoms with van der Waals surface area (Å²) >= 11 is 0. The van der Waals surface area contributed by atoms with Crippen molar-refractivity contribution < 1.29 is 13.3 Å². The van der Waals surface area contributed by atoms with Crippen LogP contribution in [0, 0.1) is 0 Å². The Bertz CT molecular complexity index is 3150. The van der Waals surface area contributed by atoms with Crippen LogP contribution >= 0.6 is 0 Å². The molecule has 0 saturated carbocycles. The summed E-state index contributed by atoms with van der Waals surface area (Å²) in [5.74, 6) is 0.624. The van der Waals surface area contributed by atoms with E-state index >= 15 is 0 Å². The van der Waals surface area contributed by atoms with Crippen LogP contribution in [0.1, 0.15) is 0 Å². The SMILES string of the molecule is c1ccc(-c2cc(-c3ccc4oc5ccccc5c4c3)nc(-c3cccc4oc5cccc(-c6ccc7c(c6)oc6ccccc67)c5c34)n2)cc1. The summed E-state index contributed by atoms with van der Waals surface area (Å²) in [6.07, 6.45) is 0. The van der Waals surface area contributed by atoms with Gasteiger partial charge in [-0.1, -0.05) is 97.1 Å². The van der Waals surface area contributed by atoms with Crippen LogP contribution in [0.2, 0.25) is 0 Å². The molecule has 4 aromatic heterocycles. The summed E-state index contributed by atoms with van der Waals surface area (Å²) in [6, 6.07) is 53.7. The van der Waals surface area contributed by atoms with E-state index in [1.165, 1.54) is 0 Å². The van der Waals surface area contributed by atoms with Crippen molar-refractivity contribution in [3.05, 3.63) is 158 Å². The molecule has 5 heteroatoms. The van der Waals surface area contributed by atoms with Crippen molar-refractivity contribution in [3.63, 3.8) is 0 Å². The number of para-hydroxylation sites is 2. The van der Waals surface area contributed by atoms with Gasteiger partial charge in [0.05, 0.1) is 11.4 Å². The zero-order valence-corrected chi connectivity index (χ0v) is 27.1. The van der Waals surface area contributed by atoms with E-state index in [9.17, 15) is 0 Å². The maximum atomic E-state index is 6.53. The fraction of sp³-hybridized carbons (Fsp3) is 0. The van der Waals surface area contributed by atoms with Gasteiger partial charge in [-0.2, -0.15) is 0 Å². The highest BCUT2D eigenvalue weighted by atomic mass is 16.3. The molecule has 0 aliphatic carbocycles. The lowest BCUT2D eigenvalue weighted by atomic mass is 9.96. The van der Waals surface area contributed by atoms with Gasteiger partial charge < -0.3 is 13.3 Å². The van der Waals surface area contributed by atoms with E-state index in [4.69, 9.17) is 23.2 Å². The van der Waals surface area contributed by atoms with Gasteiger partial charge in [0, 0.05) is 49.0 Å². The van der Waals surface area contributed by atoms with Crippen LogP contribution in [-0.4, -0.2) is 9.97 Å². The number of aromatic nitrogens is 2. The maximum Gasteiger partial charge on any atom is 0.161 e. The summed E-state index contributed by atoms with van der Waals surface area (Å²) in [6.45, 7) is 0. The van der Waals surface area contributed by atoms with E-state index in [2.05, 4.69) is 72.8 Å². The summed E-state index contributed by atoms with van der Waals surface area (Å²) < 4.78 is 19.0. The number of fused-ring (bicyclic) bond motifs is 9. The molecule has 0 amide bonds. The minimum absolute atomic E-state index is 0.624. The highest BCUT2D eigenvalue weighted by Crippen LogP contribution is 2.43. The molecule has 4 heterocycles. The minimum Gasteiger partial charge on any atom is -0.456 e. The molecule has 11 rings (SSSR count). The van der Waals surface area contributed by atoms with Gasteiger partial charge in [0.25, 0.3) is 0 Å². The molecule has 0 bridgehead atoms. The van der Waals surface area contributed by atoms with Gasteiger partial charge in [-0.3, -0.25) is 0 Å². The predicted octanol–water partition coefficient (Wildman–Crippen LogP) is 12.8. The fourth-order valence-corrected chi connectivity index (χ4v) is 7.54. The third-order valence-electron chi connectivity index (χ3n) is 9.92. The smallest absolute Gasteiger partial charge is 0.161 e. The molecule has 0 atom stereocenters. The Hall–Kier alpha value is -6.98. The Labute approximate surface area is 291 Å². The Balaban J connectivity index is 1.15. The lowest BCUT2D eigenvalue weighted by Crippen LogP contribution is -1.96. The van der Waals surface area contributed by atoms with Crippen molar-refractivity contribution in [2.24, 2.45) is 0 Å². The summed E-state index contributed by atoms with van der Waals surface area (Å²) in [7, 11) is 0. The molecule has 5 nitrogen and oxygen atoms in total. The predicted molar refractivity (Wildman–Crippen MR) is 206 cm³/mol. The number of nitrogens with zero attached hydrogens (tertiary/aromatic N) is 2. The molecule has 0 N–H and O–H groups in total. The lowest BCUT2D eigenvalue weighted by Gasteiger charge is -2.11. The van der Waals surface area contributed by atoms with E-state index < -0.39 is 0 Å². The first-order valence-corrected chi connectivity index (χ1v) is 17.0. The van der Waals surface area contributed by atoms with Gasteiger partial charge in [0.1, 0.15) is 33.5 Å². The zero-order valence-electron chi connectivity index (χ0n) is 27.1. The monoisotopic (exact) mass is 654 g/mol. The van der Waals surface area contributed by atoms with Crippen LogP contribution in [0.3, 0.4) is 0 Å². The fourth-order valence-electron chi connectivity index (χ4n) is 7.54. The van der Waals surface area contributed by atoms with Gasteiger partial charge in [0.15, 0.2) is 5.82 Å². The summed E-state index contributed by atoms with van der Waals surface area (Å²) in [5.41, 5.74) is 11.7. The first-order valence-electron chi connectivity index (χ1n) is 17.0. The van der Waals surface area contributed by atoms with Gasteiger partial charge in [0.2, 0.25) is 0 Å². The highest BCUT2D eigenvalue weighted by Gasteiger charge is 2.20. The summed E-state index contributed by atoms with van der Waals surface area (Å²) in [5, 5.41) is 6.33. The normalized spacial score (nSPS) is 11.9. The van der Waals surface area contributed by atoms with Crippen molar-refractivity contribution in [2.45, 2.75) is 0 Å². The third kappa shape index (κ3) is 4.35. The molecule has 11 aromatic rings. The number of hydrogen-bond donors (Lipinski definition) is 0. The van der Waals surface area contributed by atoms with E-state index in [0.717, 1.165) is 105 Å².